The maximum atomic E-state index is 12.5. The first-order chi connectivity index (χ1) is 9.46. The van der Waals surface area contributed by atoms with Gasteiger partial charge in [-0.2, -0.15) is 9.57 Å². The van der Waals surface area contributed by atoms with E-state index >= 15 is 0 Å². The zero-order valence-electron chi connectivity index (χ0n) is 11.1. The van der Waals surface area contributed by atoms with Gasteiger partial charge >= 0.3 is 0 Å². The van der Waals surface area contributed by atoms with Crippen LogP contribution in [0.4, 0.5) is 0 Å². The quantitative estimate of drug-likeness (QED) is 0.919. The number of nitrogens with one attached hydrogen (secondary N) is 1. The normalized spacial score (nSPS) is 19.8. The standard InChI is InChI=1S/C13H16ClN3O2S/c1-17(11-3-2-6-16-9-11)20(18,19)12-5-4-10(8-15)13(14)7-12/h4-5,7,11,16H,2-3,6,9H2,1H3. The SMILES string of the molecule is CN(C1CCCNC1)S(=O)(=O)c1ccc(C#N)c(Cl)c1. The molecule has 108 valence electrons. The summed E-state index contributed by atoms with van der Waals surface area (Å²) in [5.41, 5.74) is 0.271. The molecule has 0 radical (unpaired) electrons. The number of likely N-dealkylation sites (N-methyl/N-ethyl adjacent to an activating group) is 1. The van der Waals surface area contributed by atoms with Crippen molar-refractivity contribution in [3.8, 4) is 6.07 Å². The van der Waals surface area contributed by atoms with Gasteiger partial charge in [-0.3, -0.25) is 0 Å². The van der Waals surface area contributed by atoms with Crippen LogP contribution in [0.15, 0.2) is 23.1 Å². The van der Waals surface area contributed by atoms with Gasteiger partial charge in [0.2, 0.25) is 10.0 Å². The Morgan fingerprint density at radius 1 is 1.50 bits per heavy atom. The fourth-order valence-electron chi connectivity index (χ4n) is 2.25. The van der Waals surface area contributed by atoms with Crippen molar-refractivity contribution >= 4 is 21.6 Å². The summed E-state index contributed by atoms with van der Waals surface area (Å²) in [4.78, 5) is 0.120. The van der Waals surface area contributed by atoms with Gasteiger partial charge in [0.1, 0.15) is 6.07 Å². The van der Waals surface area contributed by atoms with Gasteiger partial charge in [0.05, 0.1) is 15.5 Å². The maximum absolute atomic E-state index is 12.5. The number of halogens is 1. The molecule has 7 heteroatoms. The zero-order valence-corrected chi connectivity index (χ0v) is 12.7. The molecule has 1 aromatic rings. The predicted octanol–water partition coefficient (Wildman–Crippen LogP) is 1.58. The number of benzene rings is 1. The van der Waals surface area contributed by atoms with E-state index in [1.54, 1.807) is 7.05 Å². The van der Waals surface area contributed by atoms with Crippen molar-refractivity contribution in [3.05, 3.63) is 28.8 Å². The molecule has 1 saturated heterocycles. The van der Waals surface area contributed by atoms with Crippen LogP contribution in [0.25, 0.3) is 0 Å². The van der Waals surface area contributed by atoms with E-state index in [-0.39, 0.29) is 21.5 Å². The summed E-state index contributed by atoms with van der Waals surface area (Å²) in [6.45, 7) is 1.58. The first-order valence-electron chi connectivity index (χ1n) is 6.35. The van der Waals surface area contributed by atoms with E-state index in [1.807, 2.05) is 6.07 Å². The molecule has 0 amide bonds. The monoisotopic (exact) mass is 313 g/mol. The van der Waals surface area contributed by atoms with Gasteiger partial charge in [-0.1, -0.05) is 11.6 Å². The maximum Gasteiger partial charge on any atom is 0.243 e. The third kappa shape index (κ3) is 2.96. The molecule has 1 N–H and O–H groups in total. The molecule has 2 rings (SSSR count). The molecular formula is C13H16ClN3O2S. The highest BCUT2D eigenvalue weighted by atomic mass is 35.5. The molecule has 0 spiro atoms. The van der Waals surface area contributed by atoms with E-state index < -0.39 is 10.0 Å². The van der Waals surface area contributed by atoms with Crippen molar-refractivity contribution in [1.82, 2.24) is 9.62 Å². The molecule has 0 aromatic heterocycles. The Balaban J connectivity index is 2.30. The summed E-state index contributed by atoms with van der Waals surface area (Å²) in [6, 6.07) is 6.05. The van der Waals surface area contributed by atoms with Crippen LogP contribution in [0.5, 0.6) is 0 Å². The highest BCUT2D eigenvalue weighted by Crippen LogP contribution is 2.24. The summed E-state index contributed by atoms with van der Waals surface area (Å²) < 4.78 is 26.5. The van der Waals surface area contributed by atoms with Crippen LogP contribution >= 0.6 is 11.6 Å². The smallest absolute Gasteiger partial charge is 0.243 e. The molecule has 1 unspecified atom stereocenters. The van der Waals surface area contributed by atoms with Crippen LogP contribution in [0.3, 0.4) is 0 Å². The van der Waals surface area contributed by atoms with E-state index in [1.165, 1.54) is 22.5 Å². The summed E-state index contributed by atoms with van der Waals surface area (Å²) in [5.74, 6) is 0. The summed E-state index contributed by atoms with van der Waals surface area (Å²) >= 11 is 5.91. The van der Waals surface area contributed by atoms with Gasteiger partial charge < -0.3 is 5.32 Å². The Morgan fingerprint density at radius 3 is 2.80 bits per heavy atom. The third-order valence-corrected chi connectivity index (χ3v) is 5.74. The first-order valence-corrected chi connectivity index (χ1v) is 8.17. The lowest BCUT2D eigenvalue weighted by Crippen LogP contribution is -2.46. The second kappa shape index (κ2) is 6.10. The molecule has 20 heavy (non-hydrogen) atoms. The van der Waals surface area contributed by atoms with Gasteiger partial charge in [0.15, 0.2) is 0 Å². The molecule has 0 saturated carbocycles. The Kier molecular flexibility index (Phi) is 4.66. The average molecular weight is 314 g/mol. The van der Waals surface area contributed by atoms with Crippen LogP contribution in [-0.2, 0) is 10.0 Å². The molecule has 0 bridgehead atoms. The summed E-state index contributed by atoms with van der Waals surface area (Å²) in [7, 11) is -2.00. The minimum absolute atomic E-state index is 0.0526. The third-order valence-electron chi connectivity index (χ3n) is 3.52. The van der Waals surface area contributed by atoms with Crippen molar-refractivity contribution < 1.29 is 8.42 Å². The number of sulfonamides is 1. The number of nitriles is 1. The van der Waals surface area contributed by atoms with E-state index in [9.17, 15) is 8.42 Å². The van der Waals surface area contributed by atoms with Crippen LogP contribution in [0.1, 0.15) is 18.4 Å². The summed E-state index contributed by atoms with van der Waals surface area (Å²) in [5, 5.41) is 12.2. The largest absolute Gasteiger partial charge is 0.315 e. The van der Waals surface area contributed by atoms with E-state index in [2.05, 4.69) is 5.32 Å². The van der Waals surface area contributed by atoms with Crippen molar-refractivity contribution in [3.63, 3.8) is 0 Å². The number of hydrogen-bond acceptors (Lipinski definition) is 4. The topological polar surface area (TPSA) is 73.2 Å². The molecule has 1 aromatic carbocycles. The number of piperidine rings is 1. The zero-order chi connectivity index (χ0) is 14.8. The number of rotatable bonds is 3. The second-order valence-corrected chi connectivity index (χ2v) is 7.18. The Hall–Kier alpha value is -1.13. The van der Waals surface area contributed by atoms with E-state index in [0.29, 0.717) is 6.54 Å². The van der Waals surface area contributed by atoms with Gasteiger partial charge in [0, 0.05) is 19.6 Å². The molecule has 1 aliphatic rings. The Labute approximate surface area is 124 Å². The predicted molar refractivity (Wildman–Crippen MR) is 77.0 cm³/mol. The van der Waals surface area contributed by atoms with Gasteiger partial charge in [0.25, 0.3) is 0 Å². The number of hydrogen-bond donors (Lipinski definition) is 1. The minimum Gasteiger partial charge on any atom is -0.315 e. The number of nitrogens with zero attached hydrogens (tertiary/aromatic N) is 2. The van der Waals surface area contributed by atoms with Crippen LogP contribution in [0, 0.1) is 11.3 Å². The highest BCUT2D eigenvalue weighted by molar-refractivity contribution is 7.89. The Morgan fingerprint density at radius 2 is 2.25 bits per heavy atom. The fraction of sp³-hybridized carbons (Fsp3) is 0.462. The Bertz CT molecular complexity index is 634. The van der Waals surface area contributed by atoms with Crippen molar-refractivity contribution in [1.29, 1.82) is 5.26 Å². The first kappa shape index (κ1) is 15.3. The van der Waals surface area contributed by atoms with Gasteiger partial charge in [-0.25, -0.2) is 8.42 Å². The van der Waals surface area contributed by atoms with E-state index in [4.69, 9.17) is 16.9 Å². The second-order valence-electron chi connectivity index (χ2n) is 4.77. The van der Waals surface area contributed by atoms with Crippen LogP contribution in [-0.4, -0.2) is 38.9 Å². The van der Waals surface area contributed by atoms with Crippen molar-refractivity contribution in [2.45, 2.75) is 23.8 Å². The minimum atomic E-state index is -3.59. The molecule has 1 atom stereocenters. The molecule has 1 heterocycles. The van der Waals surface area contributed by atoms with E-state index in [0.717, 1.165) is 19.4 Å². The molecule has 1 fully saturated rings. The molecule has 5 nitrogen and oxygen atoms in total. The molecule has 0 aliphatic carbocycles. The van der Waals surface area contributed by atoms with Gasteiger partial charge in [-0.15, -0.1) is 0 Å². The average Bonchev–Trinajstić information content (AvgIpc) is 2.47. The fourth-order valence-corrected chi connectivity index (χ4v) is 3.95. The van der Waals surface area contributed by atoms with Crippen molar-refractivity contribution in [2.75, 3.05) is 20.1 Å². The van der Waals surface area contributed by atoms with Crippen molar-refractivity contribution in [2.24, 2.45) is 0 Å². The molecule has 1 aliphatic heterocycles. The van der Waals surface area contributed by atoms with Crippen LogP contribution < -0.4 is 5.32 Å². The van der Waals surface area contributed by atoms with Gasteiger partial charge in [-0.05, 0) is 37.6 Å². The lowest BCUT2D eigenvalue weighted by atomic mass is 10.1. The van der Waals surface area contributed by atoms with Crippen LogP contribution in [0.2, 0.25) is 5.02 Å². The lowest BCUT2D eigenvalue weighted by molar-refractivity contribution is 0.300. The summed E-state index contributed by atoms with van der Waals surface area (Å²) in [6.07, 6.45) is 1.80. The molecular weight excluding hydrogens is 298 g/mol. The lowest BCUT2D eigenvalue weighted by Gasteiger charge is -2.30. The highest BCUT2D eigenvalue weighted by Gasteiger charge is 2.29.